The van der Waals surface area contributed by atoms with Crippen molar-refractivity contribution in [2.45, 2.75) is 19.3 Å². The van der Waals surface area contributed by atoms with Gasteiger partial charge in [-0.1, -0.05) is 0 Å². The van der Waals surface area contributed by atoms with Gasteiger partial charge in [-0.15, -0.1) is 0 Å². The van der Waals surface area contributed by atoms with Crippen LogP contribution in [0.15, 0.2) is 33.7 Å². The van der Waals surface area contributed by atoms with Crippen molar-refractivity contribution in [1.29, 1.82) is 0 Å². The SMILES string of the molecule is NC(=O)c1cc(-c2cnc(Nc3nc4c(o3)CCC4)c3ncnn23)co1. The Morgan fingerprint density at radius 2 is 2.23 bits per heavy atom. The zero-order valence-electron chi connectivity index (χ0n) is 13.5. The average Bonchev–Trinajstić information content (AvgIpc) is 3.38. The number of oxazole rings is 1. The maximum atomic E-state index is 11.2. The van der Waals surface area contributed by atoms with E-state index in [1.807, 2.05) is 0 Å². The molecule has 4 aromatic rings. The van der Waals surface area contributed by atoms with Gasteiger partial charge in [0.15, 0.2) is 17.2 Å². The number of carbonyl (C=O) groups excluding carboxylic acids is 1. The summed E-state index contributed by atoms with van der Waals surface area (Å²) in [6.07, 6.45) is 7.33. The van der Waals surface area contributed by atoms with Crippen molar-refractivity contribution in [2.24, 2.45) is 5.73 Å². The second kappa shape index (κ2) is 5.41. The molecular formula is C16H13N7O3. The van der Waals surface area contributed by atoms with Crippen molar-refractivity contribution < 1.29 is 13.6 Å². The van der Waals surface area contributed by atoms with Crippen LogP contribution in [0.25, 0.3) is 16.9 Å². The van der Waals surface area contributed by atoms with Gasteiger partial charge in [-0.05, 0) is 18.9 Å². The quantitative estimate of drug-likeness (QED) is 0.567. The molecule has 1 amide bonds. The Balaban J connectivity index is 1.54. The Morgan fingerprint density at radius 1 is 1.31 bits per heavy atom. The van der Waals surface area contributed by atoms with Gasteiger partial charge in [0.1, 0.15) is 18.4 Å². The fourth-order valence-corrected chi connectivity index (χ4v) is 3.05. The van der Waals surface area contributed by atoms with Gasteiger partial charge in [0, 0.05) is 12.0 Å². The molecule has 4 heterocycles. The number of hydrogen-bond acceptors (Lipinski definition) is 8. The summed E-state index contributed by atoms with van der Waals surface area (Å²) >= 11 is 0. The van der Waals surface area contributed by atoms with E-state index in [4.69, 9.17) is 14.6 Å². The molecule has 130 valence electrons. The standard InChI is InChI=1S/C16H13N7O3/c17-13(24)12-4-8(6-25-12)10-5-18-14(15-19-7-20-23(10)15)22-16-21-9-2-1-3-11(9)26-16/h4-7H,1-3H2,(H2,17,24)(H,18,21,22). The minimum Gasteiger partial charge on any atom is -0.458 e. The van der Waals surface area contributed by atoms with Crippen molar-refractivity contribution in [3.63, 3.8) is 0 Å². The van der Waals surface area contributed by atoms with Crippen LogP contribution in [0.4, 0.5) is 11.8 Å². The number of furan rings is 1. The number of nitrogens with zero attached hydrogens (tertiary/aromatic N) is 5. The van der Waals surface area contributed by atoms with E-state index < -0.39 is 5.91 Å². The van der Waals surface area contributed by atoms with Gasteiger partial charge in [-0.2, -0.15) is 10.1 Å². The molecule has 0 saturated heterocycles. The van der Waals surface area contributed by atoms with Gasteiger partial charge < -0.3 is 14.6 Å². The molecule has 5 rings (SSSR count). The van der Waals surface area contributed by atoms with Crippen LogP contribution in [0.5, 0.6) is 0 Å². The molecular weight excluding hydrogens is 338 g/mol. The van der Waals surface area contributed by atoms with Gasteiger partial charge in [-0.3, -0.25) is 10.1 Å². The molecule has 0 fully saturated rings. The smallest absolute Gasteiger partial charge is 0.300 e. The Labute approximate surface area is 146 Å². The fraction of sp³-hybridized carbons (Fsp3) is 0.188. The van der Waals surface area contributed by atoms with E-state index in [-0.39, 0.29) is 5.76 Å². The number of anilines is 2. The second-order valence-electron chi connectivity index (χ2n) is 5.92. The predicted molar refractivity (Wildman–Crippen MR) is 88.8 cm³/mol. The van der Waals surface area contributed by atoms with Crippen molar-refractivity contribution in [2.75, 3.05) is 5.32 Å². The second-order valence-corrected chi connectivity index (χ2v) is 5.92. The number of aromatic nitrogens is 5. The van der Waals surface area contributed by atoms with E-state index in [1.54, 1.807) is 10.7 Å². The van der Waals surface area contributed by atoms with Gasteiger partial charge in [0.25, 0.3) is 5.91 Å². The van der Waals surface area contributed by atoms with E-state index in [9.17, 15) is 4.79 Å². The molecule has 26 heavy (non-hydrogen) atoms. The van der Waals surface area contributed by atoms with Crippen LogP contribution in [-0.2, 0) is 12.8 Å². The lowest BCUT2D eigenvalue weighted by atomic mass is 10.2. The fourth-order valence-electron chi connectivity index (χ4n) is 3.05. The molecule has 10 heteroatoms. The maximum absolute atomic E-state index is 11.2. The molecule has 0 atom stereocenters. The number of carbonyl (C=O) groups is 1. The van der Waals surface area contributed by atoms with Crippen molar-refractivity contribution >= 4 is 23.4 Å². The molecule has 0 radical (unpaired) electrons. The van der Waals surface area contributed by atoms with Crippen molar-refractivity contribution in [3.8, 4) is 11.3 Å². The number of aryl methyl sites for hydroxylation is 2. The molecule has 0 aliphatic heterocycles. The van der Waals surface area contributed by atoms with E-state index in [2.05, 4.69) is 25.4 Å². The van der Waals surface area contributed by atoms with Crippen LogP contribution >= 0.6 is 0 Å². The summed E-state index contributed by atoms with van der Waals surface area (Å²) in [5.74, 6) is 0.794. The molecule has 1 aliphatic rings. The minimum absolute atomic E-state index is 0.0600. The summed E-state index contributed by atoms with van der Waals surface area (Å²) < 4.78 is 12.5. The number of fused-ring (bicyclic) bond motifs is 2. The highest BCUT2D eigenvalue weighted by Gasteiger charge is 2.20. The van der Waals surface area contributed by atoms with Crippen molar-refractivity contribution in [1.82, 2.24) is 24.6 Å². The molecule has 0 saturated carbocycles. The van der Waals surface area contributed by atoms with Gasteiger partial charge in [0.2, 0.25) is 0 Å². The zero-order valence-corrected chi connectivity index (χ0v) is 13.5. The van der Waals surface area contributed by atoms with Gasteiger partial charge in [0.05, 0.1) is 17.6 Å². The molecule has 0 spiro atoms. The first-order valence-corrected chi connectivity index (χ1v) is 8.02. The number of hydrogen-bond donors (Lipinski definition) is 2. The molecule has 0 bridgehead atoms. The maximum Gasteiger partial charge on any atom is 0.300 e. The average molecular weight is 351 g/mol. The highest BCUT2D eigenvalue weighted by atomic mass is 16.4. The van der Waals surface area contributed by atoms with Gasteiger partial charge >= 0.3 is 6.01 Å². The number of nitrogens with two attached hydrogens (primary N) is 1. The topological polar surface area (TPSA) is 137 Å². The number of rotatable bonds is 4. The summed E-state index contributed by atoms with van der Waals surface area (Å²) in [7, 11) is 0. The van der Waals surface area contributed by atoms with Crippen LogP contribution in [0.2, 0.25) is 0 Å². The zero-order chi connectivity index (χ0) is 17.7. The third-order valence-corrected chi connectivity index (χ3v) is 4.26. The molecule has 4 aromatic heterocycles. The lowest BCUT2D eigenvalue weighted by molar-refractivity contribution is 0.0974. The first-order chi connectivity index (χ1) is 12.7. The normalized spacial score (nSPS) is 13.2. The third kappa shape index (κ3) is 2.23. The number of primary amides is 1. The Morgan fingerprint density at radius 3 is 3.04 bits per heavy atom. The summed E-state index contributed by atoms with van der Waals surface area (Å²) in [5.41, 5.74) is 7.92. The van der Waals surface area contributed by atoms with Crippen LogP contribution in [-0.4, -0.2) is 30.5 Å². The van der Waals surface area contributed by atoms with Crippen LogP contribution in [0.1, 0.15) is 28.4 Å². The lowest BCUT2D eigenvalue weighted by Crippen LogP contribution is -2.09. The summed E-state index contributed by atoms with van der Waals surface area (Å²) in [5, 5.41) is 7.27. The molecule has 0 aromatic carbocycles. The summed E-state index contributed by atoms with van der Waals surface area (Å²) in [4.78, 5) is 24.3. The number of amides is 1. The minimum atomic E-state index is -0.644. The van der Waals surface area contributed by atoms with Crippen LogP contribution in [0, 0.1) is 0 Å². The lowest BCUT2D eigenvalue weighted by Gasteiger charge is -2.06. The van der Waals surface area contributed by atoms with E-state index >= 15 is 0 Å². The monoisotopic (exact) mass is 351 g/mol. The first-order valence-electron chi connectivity index (χ1n) is 8.02. The highest BCUT2D eigenvalue weighted by Crippen LogP contribution is 2.28. The van der Waals surface area contributed by atoms with Crippen LogP contribution < -0.4 is 11.1 Å². The van der Waals surface area contributed by atoms with Crippen LogP contribution in [0.3, 0.4) is 0 Å². The number of nitrogens with one attached hydrogen (secondary N) is 1. The largest absolute Gasteiger partial charge is 0.458 e. The predicted octanol–water partition coefficient (Wildman–Crippen LogP) is 1.70. The molecule has 10 nitrogen and oxygen atoms in total. The molecule has 3 N–H and O–H groups in total. The molecule has 0 unspecified atom stereocenters. The van der Waals surface area contributed by atoms with Gasteiger partial charge in [-0.25, -0.2) is 14.5 Å². The Bertz CT molecular complexity index is 1120. The van der Waals surface area contributed by atoms with E-state index in [0.29, 0.717) is 28.7 Å². The highest BCUT2D eigenvalue weighted by molar-refractivity contribution is 5.91. The summed E-state index contributed by atoms with van der Waals surface area (Å²) in [6.45, 7) is 0. The Kier molecular flexibility index (Phi) is 3.05. The molecule has 1 aliphatic carbocycles. The summed E-state index contributed by atoms with van der Waals surface area (Å²) in [6, 6.07) is 1.92. The van der Waals surface area contributed by atoms with Crippen molar-refractivity contribution in [3.05, 3.63) is 42.1 Å². The van der Waals surface area contributed by atoms with E-state index in [0.717, 1.165) is 30.7 Å². The third-order valence-electron chi connectivity index (χ3n) is 4.26. The Hall–Kier alpha value is -3.69. The first kappa shape index (κ1) is 14.6. The van der Waals surface area contributed by atoms with E-state index in [1.165, 1.54) is 18.7 Å².